The fourth-order valence-electron chi connectivity index (χ4n) is 4.09. The maximum atomic E-state index is 6.17. The number of hydrogen-bond acceptors (Lipinski definition) is 4. The minimum atomic E-state index is -0.00884. The lowest BCUT2D eigenvalue weighted by atomic mass is 9.69. The normalized spacial score (nSPS) is 15.7. The van der Waals surface area contributed by atoms with Crippen LogP contribution < -0.4 is 20.5 Å². The Labute approximate surface area is 196 Å². The zero-order chi connectivity index (χ0) is 20.5. The summed E-state index contributed by atoms with van der Waals surface area (Å²) in [6.45, 7) is 1.39. The fraction of sp³-hybridized carbons (Fsp3) is 0.478. The highest BCUT2D eigenvalue weighted by Gasteiger charge is 2.34. The second-order valence-electron chi connectivity index (χ2n) is 7.61. The van der Waals surface area contributed by atoms with Gasteiger partial charge < -0.3 is 20.5 Å². The van der Waals surface area contributed by atoms with E-state index in [0.29, 0.717) is 12.5 Å². The number of nitrogens with one attached hydrogen (secondary N) is 1. The van der Waals surface area contributed by atoms with Crippen molar-refractivity contribution in [1.82, 2.24) is 10.3 Å². The zero-order valence-corrected chi connectivity index (χ0v) is 20.2. The van der Waals surface area contributed by atoms with Gasteiger partial charge in [0.05, 0.1) is 20.8 Å². The number of pyridine rings is 1. The number of methoxy groups -OCH3 is 2. The fourth-order valence-corrected chi connectivity index (χ4v) is 4.09. The highest BCUT2D eigenvalue weighted by atomic mass is 127. The summed E-state index contributed by atoms with van der Waals surface area (Å²) in [7, 11) is 3.34. The first-order valence-corrected chi connectivity index (χ1v) is 10.3. The summed E-state index contributed by atoms with van der Waals surface area (Å²) in [5.41, 5.74) is 8.45. The van der Waals surface area contributed by atoms with Gasteiger partial charge in [0.1, 0.15) is 0 Å². The van der Waals surface area contributed by atoms with E-state index in [1.54, 1.807) is 14.2 Å². The standard InChI is InChI=1S/C23H32N4O2.HI/c1-28-20-10-9-18(16-21(20)29-2)23(12-5-3-6-13-23)17-27-22(24)26-15-11-19-8-4-7-14-25-19;/h4,7-10,14,16H,3,5-6,11-13,15,17H2,1-2H3,(H3,24,26,27);1H. The predicted octanol–water partition coefficient (Wildman–Crippen LogP) is 4.07. The van der Waals surface area contributed by atoms with Gasteiger partial charge in [-0.1, -0.05) is 31.4 Å². The maximum Gasteiger partial charge on any atom is 0.188 e. The maximum absolute atomic E-state index is 6.17. The third kappa shape index (κ3) is 6.23. The predicted molar refractivity (Wildman–Crippen MR) is 132 cm³/mol. The number of rotatable bonds is 8. The zero-order valence-electron chi connectivity index (χ0n) is 17.9. The molecule has 2 aromatic rings. The Balaban J connectivity index is 0.00000320. The number of halogens is 1. The lowest BCUT2D eigenvalue weighted by Gasteiger charge is -2.37. The van der Waals surface area contributed by atoms with Gasteiger partial charge in [-0.2, -0.15) is 0 Å². The minimum Gasteiger partial charge on any atom is -0.493 e. The lowest BCUT2D eigenvalue weighted by molar-refractivity contribution is 0.298. The number of aromatic nitrogens is 1. The average molecular weight is 524 g/mol. The molecule has 0 aliphatic heterocycles. The van der Waals surface area contributed by atoms with Gasteiger partial charge in [-0.3, -0.25) is 9.98 Å². The monoisotopic (exact) mass is 524 g/mol. The summed E-state index contributed by atoms with van der Waals surface area (Å²) in [6, 6.07) is 12.2. The second-order valence-corrected chi connectivity index (χ2v) is 7.61. The van der Waals surface area contributed by atoms with E-state index in [1.165, 1.54) is 24.8 Å². The molecule has 6 nitrogen and oxygen atoms in total. The first-order chi connectivity index (χ1) is 14.2. The molecule has 0 amide bonds. The van der Waals surface area contributed by atoms with E-state index in [0.717, 1.165) is 43.0 Å². The van der Waals surface area contributed by atoms with Crippen molar-refractivity contribution in [3.8, 4) is 11.5 Å². The van der Waals surface area contributed by atoms with E-state index in [-0.39, 0.29) is 29.4 Å². The number of aliphatic imine (C=N–C) groups is 1. The molecule has 0 bridgehead atoms. The Hall–Kier alpha value is -2.03. The summed E-state index contributed by atoms with van der Waals surface area (Å²) in [6.07, 6.45) is 8.52. The molecule has 30 heavy (non-hydrogen) atoms. The van der Waals surface area contributed by atoms with Crippen molar-refractivity contribution < 1.29 is 9.47 Å². The molecule has 0 unspecified atom stereocenters. The van der Waals surface area contributed by atoms with Crippen LogP contribution in [0.15, 0.2) is 47.6 Å². The van der Waals surface area contributed by atoms with Gasteiger partial charge in [-0.15, -0.1) is 24.0 Å². The van der Waals surface area contributed by atoms with Gasteiger partial charge in [0.2, 0.25) is 0 Å². The van der Waals surface area contributed by atoms with Crippen LogP contribution in [0, 0.1) is 0 Å². The average Bonchev–Trinajstić information content (AvgIpc) is 2.78. The third-order valence-electron chi connectivity index (χ3n) is 5.77. The summed E-state index contributed by atoms with van der Waals surface area (Å²) >= 11 is 0. The van der Waals surface area contributed by atoms with Gasteiger partial charge in [0.25, 0.3) is 0 Å². The molecule has 0 atom stereocenters. The van der Waals surface area contributed by atoms with E-state index >= 15 is 0 Å². The van der Waals surface area contributed by atoms with Gasteiger partial charge >= 0.3 is 0 Å². The Kier molecular flexibility index (Phi) is 9.68. The molecule has 1 aromatic heterocycles. The van der Waals surface area contributed by atoms with Crippen LogP contribution in [-0.4, -0.2) is 38.3 Å². The number of hydrogen-bond donors (Lipinski definition) is 2. The number of nitrogens with zero attached hydrogens (tertiary/aromatic N) is 2. The first-order valence-electron chi connectivity index (χ1n) is 10.3. The lowest BCUT2D eigenvalue weighted by Crippen LogP contribution is -2.37. The Morgan fingerprint density at radius 3 is 2.53 bits per heavy atom. The highest BCUT2D eigenvalue weighted by Crippen LogP contribution is 2.42. The largest absolute Gasteiger partial charge is 0.493 e. The van der Waals surface area contributed by atoms with E-state index in [4.69, 9.17) is 20.2 Å². The van der Waals surface area contributed by atoms with Crippen molar-refractivity contribution in [3.05, 3.63) is 53.9 Å². The van der Waals surface area contributed by atoms with Gasteiger partial charge in [0, 0.05) is 30.3 Å². The van der Waals surface area contributed by atoms with Crippen LogP contribution in [-0.2, 0) is 11.8 Å². The van der Waals surface area contributed by atoms with Crippen LogP contribution in [0.5, 0.6) is 11.5 Å². The van der Waals surface area contributed by atoms with Gasteiger partial charge in [-0.05, 0) is 42.7 Å². The second kappa shape index (κ2) is 12.0. The molecule has 1 aliphatic rings. The molecule has 0 radical (unpaired) electrons. The molecular weight excluding hydrogens is 491 g/mol. The van der Waals surface area contributed by atoms with E-state index in [9.17, 15) is 0 Å². The number of ether oxygens (including phenoxy) is 2. The summed E-state index contributed by atoms with van der Waals surface area (Å²) < 4.78 is 10.9. The topological polar surface area (TPSA) is 81.8 Å². The van der Waals surface area contributed by atoms with Crippen molar-refractivity contribution in [2.24, 2.45) is 10.7 Å². The molecule has 164 valence electrons. The van der Waals surface area contributed by atoms with Crippen molar-refractivity contribution in [3.63, 3.8) is 0 Å². The van der Waals surface area contributed by atoms with Crippen LogP contribution in [0.2, 0.25) is 0 Å². The molecule has 0 saturated heterocycles. The van der Waals surface area contributed by atoms with Crippen LogP contribution >= 0.6 is 24.0 Å². The molecule has 7 heteroatoms. The quantitative estimate of drug-likeness (QED) is 0.309. The number of benzene rings is 1. The first kappa shape index (κ1) is 24.2. The highest BCUT2D eigenvalue weighted by molar-refractivity contribution is 14.0. The SMILES string of the molecule is COc1ccc(C2(CN=C(N)NCCc3ccccn3)CCCCC2)cc1OC.I. The van der Waals surface area contributed by atoms with Gasteiger partial charge in [-0.25, -0.2) is 0 Å². The summed E-state index contributed by atoms with van der Waals surface area (Å²) in [5.74, 6) is 2.01. The van der Waals surface area contributed by atoms with E-state index in [1.807, 2.05) is 30.5 Å². The summed E-state index contributed by atoms with van der Waals surface area (Å²) in [5, 5.41) is 3.22. The van der Waals surface area contributed by atoms with Crippen molar-refractivity contribution in [2.45, 2.75) is 43.9 Å². The van der Waals surface area contributed by atoms with Crippen LogP contribution in [0.4, 0.5) is 0 Å². The molecule has 1 fully saturated rings. The van der Waals surface area contributed by atoms with Crippen LogP contribution in [0.1, 0.15) is 43.4 Å². The molecule has 3 N–H and O–H groups in total. The third-order valence-corrected chi connectivity index (χ3v) is 5.77. The van der Waals surface area contributed by atoms with E-state index in [2.05, 4.69) is 22.4 Å². The molecule has 0 spiro atoms. The van der Waals surface area contributed by atoms with E-state index < -0.39 is 0 Å². The van der Waals surface area contributed by atoms with Gasteiger partial charge in [0.15, 0.2) is 17.5 Å². The molecule has 1 aliphatic carbocycles. The summed E-state index contributed by atoms with van der Waals surface area (Å²) in [4.78, 5) is 9.05. The Morgan fingerprint density at radius 1 is 1.10 bits per heavy atom. The van der Waals surface area contributed by atoms with Crippen LogP contribution in [0.3, 0.4) is 0 Å². The number of guanidine groups is 1. The number of nitrogens with two attached hydrogens (primary N) is 1. The Bertz CT molecular complexity index is 808. The smallest absolute Gasteiger partial charge is 0.188 e. The van der Waals surface area contributed by atoms with Crippen molar-refractivity contribution >= 4 is 29.9 Å². The molecule has 3 rings (SSSR count). The van der Waals surface area contributed by atoms with Crippen LogP contribution in [0.25, 0.3) is 0 Å². The van der Waals surface area contributed by atoms with Crippen molar-refractivity contribution in [1.29, 1.82) is 0 Å². The molecule has 1 saturated carbocycles. The minimum absolute atomic E-state index is 0. The molecule has 1 heterocycles. The Morgan fingerprint density at radius 2 is 1.87 bits per heavy atom. The van der Waals surface area contributed by atoms with Crippen molar-refractivity contribution in [2.75, 3.05) is 27.3 Å². The molecule has 1 aromatic carbocycles. The molecular formula is C23H33IN4O2.